The van der Waals surface area contributed by atoms with Crippen molar-refractivity contribution in [2.75, 3.05) is 0 Å². The monoisotopic (exact) mass is 224 g/mol. The highest BCUT2D eigenvalue weighted by Gasteiger charge is 2.58. The Morgan fingerprint density at radius 2 is 1.81 bits per heavy atom. The molecule has 0 unspecified atom stereocenters. The molecule has 1 aromatic rings. The van der Waals surface area contributed by atoms with Gasteiger partial charge in [-0.1, -0.05) is 0 Å². The van der Waals surface area contributed by atoms with Crippen molar-refractivity contribution in [1.82, 2.24) is 0 Å². The molecule has 0 aromatic heterocycles. The molecule has 0 bridgehead atoms. The molecule has 1 aromatic carbocycles. The van der Waals surface area contributed by atoms with Crippen molar-refractivity contribution in [2.24, 2.45) is 5.41 Å². The zero-order chi connectivity index (χ0) is 11.8. The molecular formula is C11H9FO4. The largest absolute Gasteiger partial charge is 0.480 e. The molecule has 1 aliphatic rings. The Kier molecular flexibility index (Phi) is 2.38. The van der Waals surface area contributed by atoms with Gasteiger partial charge in [-0.2, -0.15) is 0 Å². The van der Waals surface area contributed by atoms with E-state index < -0.39 is 23.2 Å². The third kappa shape index (κ3) is 1.76. The molecule has 0 saturated heterocycles. The van der Waals surface area contributed by atoms with Gasteiger partial charge in [0.2, 0.25) is 0 Å². The van der Waals surface area contributed by atoms with Crippen molar-refractivity contribution in [3.63, 3.8) is 0 Å². The Balaban J connectivity index is 2.08. The average Bonchev–Trinajstić information content (AvgIpc) is 3.02. The molecular weight excluding hydrogens is 215 g/mol. The van der Waals surface area contributed by atoms with Crippen LogP contribution in [0.4, 0.5) is 4.39 Å². The normalized spacial score (nSPS) is 16.6. The number of carboxylic acid groups (broad SMARTS) is 1. The van der Waals surface area contributed by atoms with Crippen molar-refractivity contribution in [2.45, 2.75) is 12.8 Å². The predicted octanol–water partition coefficient (Wildman–Crippen LogP) is 1.60. The standard InChI is InChI=1S/C11H9FO4/c12-7-1-3-8(4-2-7)16-10(15)11(5-6-11)9(13)14/h1-4H,5-6H2,(H,13,14). The van der Waals surface area contributed by atoms with E-state index in [2.05, 4.69) is 0 Å². The maximum absolute atomic E-state index is 12.6. The summed E-state index contributed by atoms with van der Waals surface area (Å²) in [6.45, 7) is 0. The van der Waals surface area contributed by atoms with Gasteiger partial charge in [-0.25, -0.2) is 4.39 Å². The summed E-state index contributed by atoms with van der Waals surface area (Å²) in [5, 5.41) is 8.84. The van der Waals surface area contributed by atoms with E-state index in [1.165, 1.54) is 12.1 Å². The lowest BCUT2D eigenvalue weighted by Crippen LogP contribution is -2.29. The van der Waals surface area contributed by atoms with Crippen LogP contribution in [0.5, 0.6) is 5.75 Å². The second-order valence-electron chi connectivity index (χ2n) is 3.73. The Morgan fingerprint density at radius 1 is 1.25 bits per heavy atom. The summed E-state index contributed by atoms with van der Waals surface area (Å²) in [5.41, 5.74) is -1.38. The van der Waals surface area contributed by atoms with E-state index in [0.717, 1.165) is 12.1 Å². The predicted molar refractivity (Wildman–Crippen MR) is 51.3 cm³/mol. The third-order valence-electron chi connectivity index (χ3n) is 2.57. The quantitative estimate of drug-likeness (QED) is 0.481. The summed E-state index contributed by atoms with van der Waals surface area (Å²) >= 11 is 0. The number of ether oxygens (including phenoxy) is 1. The van der Waals surface area contributed by atoms with Crippen LogP contribution < -0.4 is 4.74 Å². The molecule has 1 N–H and O–H groups in total. The maximum atomic E-state index is 12.6. The van der Waals surface area contributed by atoms with E-state index in [-0.39, 0.29) is 5.75 Å². The number of hydrogen-bond donors (Lipinski definition) is 1. The molecule has 0 amide bonds. The molecule has 0 aliphatic heterocycles. The van der Waals surface area contributed by atoms with Gasteiger partial charge in [0, 0.05) is 0 Å². The molecule has 5 heteroatoms. The lowest BCUT2D eigenvalue weighted by atomic mass is 10.1. The van der Waals surface area contributed by atoms with Gasteiger partial charge < -0.3 is 9.84 Å². The van der Waals surface area contributed by atoms with E-state index in [4.69, 9.17) is 9.84 Å². The number of carbonyl (C=O) groups is 2. The molecule has 4 nitrogen and oxygen atoms in total. The number of hydrogen-bond acceptors (Lipinski definition) is 3. The van der Waals surface area contributed by atoms with Gasteiger partial charge in [0.1, 0.15) is 11.6 Å². The van der Waals surface area contributed by atoms with Crippen molar-refractivity contribution < 1.29 is 23.8 Å². The van der Waals surface area contributed by atoms with Crippen LogP contribution in [0.1, 0.15) is 12.8 Å². The van der Waals surface area contributed by atoms with Crippen molar-refractivity contribution in [3.8, 4) is 5.75 Å². The number of halogens is 1. The van der Waals surface area contributed by atoms with E-state index >= 15 is 0 Å². The van der Waals surface area contributed by atoms with Gasteiger partial charge in [-0.3, -0.25) is 9.59 Å². The summed E-state index contributed by atoms with van der Waals surface area (Å²) in [4.78, 5) is 22.3. The maximum Gasteiger partial charge on any atom is 0.328 e. The molecule has 0 atom stereocenters. The summed E-state index contributed by atoms with van der Waals surface area (Å²) in [5.74, 6) is -2.25. The number of carbonyl (C=O) groups excluding carboxylic acids is 1. The smallest absolute Gasteiger partial charge is 0.328 e. The van der Waals surface area contributed by atoms with Crippen LogP contribution in [0.2, 0.25) is 0 Å². The molecule has 0 heterocycles. The van der Waals surface area contributed by atoms with Gasteiger partial charge in [0.15, 0.2) is 5.41 Å². The van der Waals surface area contributed by atoms with Gasteiger partial charge in [0.25, 0.3) is 0 Å². The molecule has 0 spiro atoms. The summed E-state index contributed by atoms with van der Waals surface area (Å²) < 4.78 is 17.4. The topological polar surface area (TPSA) is 63.6 Å². The third-order valence-corrected chi connectivity index (χ3v) is 2.57. The Hall–Kier alpha value is -1.91. The molecule has 84 valence electrons. The molecule has 2 rings (SSSR count). The van der Waals surface area contributed by atoms with Crippen molar-refractivity contribution >= 4 is 11.9 Å². The molecule has 1 saturated carbocycles. The minimum Gasteiger partial charge on any atom is -0.480 e. The summed E-state index contributed by atoms with van der Waals surface area (Å²) in [7, 11) is 0. The highest BCUT2D eigenvalue weighted by atomic mass is 19.1. The van der Waals surface area contributed by atoms with E-state index in [9.17, 15) is 14.0 Å². The number of carboxylic acids is 1. The first kappa shape index (κ1) is 10.6. The lowest BCUT2D eigenvalue weighted by molar-refractivity contribution is -0.155. The Morgan fingerprint density at radius 3 is 2.25 bits per heavy atom. The van der Waals surface area contributed by atoms with Crippen LogP contribution >= 0.6 is 0 Å². The second-order valence-corrected chi connectivity index (χ2v) is 3.73. The Bertz CT molecular complexity index is 434. The van der Waals surface area contributed by atoms with Gasteiger partial charge in [-0.05, 0) is 37.1 Å². The molecule has 1 fully saturated rings. The zero-order valence-corrected chi connectivity index (χ0v) is 8.27. The van der Waals surface area contributed by atoms with Crippen molar-refractivity contribution in [1.29, 1.82) is 0 Å². The van der Waals surface area contributed by atoms with E-state index in [0.29, 0.717) is 12.8 Å². The fraction of sp³-hybridized carbons (Fsp3) is 0.273. The molecule has 16 heavy (non-hydrogen) atoms. The van der Waals surface area contributed by atoms with E-state index in [1.807, 2.05) is 0 Å². The zero-order valence-electron chi connectivity index (χ0n) is 8.27. The molecule has 1 aliphatic carbocycles. The van der Waals surface area contributed by atoms with Crippen molar-refractivity contribution in [3.05, 3.63) is 30.1 Å². The van der Waals surface area contributed by atoms with Crippen LogP contribution in [-0.2, 0) is 9.59 Å². The highest BCUT2D eigenvalue weighted by molar-refractivity contribution is 6.02. The number of aliphatic carboxylic acids is 1. The minimum absolute atomic E-state index is 0.152. The van der Waals surface area contributed by atoms with Gasteiger partial charge >= 0.3 is 11.9 Å². The number of esters is 1. The Labute approximate surface area is 90.6 Å². The number of benzene rings is 1. The number of rotatable bonds is 3. The van der Waals surface area contributed by atoms with Crippen LogP contribution in [0.3, 0.4) is 0 Å². The summed E-state index contributed by atoms with van der Waals surface area (Å²) in [6.07, 6.45) is 0.588. The van der Waals surface area contributed by atoms with Crippen LogP contribution in [-0.4, -0.2) is 17.0 Å². The first-order valence-electron chi connectivity index (χ1n) is 4.76. The fourth-order valence-electron chi connectivity index (χ4n) is 1.34. The SMILES string of the molecule is O=C(O)C1(C(=O)Oc2ccc(F)cc2)CC1. The highest BCUT2D eigenvalue weighted by Crippen LogP contribution is 2.47. The average molecular weight is 224 g/mol. The van der Waals surface area contributed by atoms with Crippen LogP contribution in [0.15, 0.2) is 24.3 Å². The molecule has 0 radical (unpaired) electrons. The van der Waals surface area contributed by atoms with Crippen LogP contribution in [0, 0.1) is 11.2 Å². The minimum atomic E-state index is -1.38. The second kappa shape index (κ2) is 3.59. The lowest BCUT2D eigenvalue weighted by Gasteiger charge is -2.09. The van der Waals surface area contributed by atoms with E-state index in [1.54, 1.807) is 0 Å². The van der Waals surface area contributed by atoms with Crippen LogP contribution in [0.25, 0.3) is 0 Å². The fourth-order valence-corrected chi connectivity index (χ4v) is 1.34. The first-order valence-corrected chi connectivity index (χ1v) is 4.76. The van der Waals surface area contributed by atoms with Gasteiger partial charge in [-0.15, -0.1) is 0 Å². The first-order chi connectivity index (χ1) is 7.54. The summed E-state index contributed by atoms with van der Waals surface area (Å²) in [6, 6.07) is 4.85. The van der Waals surface area contributed by atoms with Gasteiger partial charge in [0.05, 0.1) is 0 Å².